The first-order valence-corrected chi connectivity index (χ1v) is 4.44. The molecule has 2 aliphatic rings. The minimum absolute atomic E-state index is 0.514. The Bertz CT molecular complexity index is 242. The fourth-order valence-corrected chi connectivity index (χ4v) is 1.81. The number of rotatable bonds is 1. The van der Waals surface area contributed by atoms with Gasteiger partial charge in [0.15, 0.2) is 0 Å². The predicted octanol–water partition coefficient (Wildman–Crippen LogP) is 0.860. The topological polar surface area (TPSA) is 40.5 Å². The summed E-state index contributed by atoms with van der Waals surface area (Å²) in [6.45, 7) is 2.17. The molecule has 0 aromatic heterocycles. The minimum atomic E-state index is -0.696. The zero-order valence-electron chi connectivity index (χ0n) is 7.14. The summed E-state index contributed by atoms with van der Waals surface area (Å²) in [5.41, 5.74) is 1.01. The summed E-state index contributed by atoms with van der Waals surface area (Å²) in [6.07, 6.45) is 5.19. The molecule has 0 amide bonds. The van der Waals surface area contributed by atoms with Gasteiger partial charge < -0.3 is 10.2 Å². The van der Waals surface area contributed by atoms with E-state index in [1.165, 1.54) is 0 Å². The van der Waals surface area contributed by atoms with E-state index in [0.29, 0.717) is 11.8 Å². The molecule has 0 spiro atoms. The predicted molar refractivity (Wildman–Crippen MR) is 46.5 cm³/mol. The summed E-state index contributed by atoms with van der Waals surface area (Å²) >= 11 is 0. The van der Waals surface area contributed by atoms with E-state index < -0.39 is 12.2 Å². The monoisotopic (exact) mass is 166 g/mol. The normalized spacial score (nSPS) is 45.8. The third kappa shape index (κ3) is 1.21. The van der Waals surface area contributed by atoms with Crippen molar-refractivity contribution in [2.45, 2.75) is 25.6 Å². The summed E-state index contributed by atoms with van der Waals surface area (Å²) in [5, 5.41) is 18.9. The average molecular weight is 166 g/mol. The highest BCUT2D eigenvalue weighted by Crippen LogP contribution is 2.45. The van der Waals surface area contributed by atoms with Gasteiger partial charge in [-0.25, -0.2) is 0 Å². The summed E-state index contributed by atoms with van der Waals surface area (Å²) in [5.74, 6) is 1.20. The number of aliphatic hydroxyl groups excluding tert-OH is 2. The first kappa shape index (κ1) is 8.02. The molecule has 2 heteroatoms. The number of hydrogen-bond acceptors (Lipinski definition) is 2. The van der Waals surface area contributed by atoms with Gasteiger partial charge in [-0.05, 0) is 23.8 Å². The maximum Gasteiger partial charge on any atom is 0.105 e. The van der Waals surface area contributed by atoms with Crippen LogP contribution in [0.15, 0.2) is 23.8 Å². The van der Waals surface area contributed by atoms with Crippen molar-refractivity contribution in [3.63, 3.8) is 0 Å². The summed E-state index contributed by atoms with van der Waals surface area (Å²) in [7, 11) is 0. The highest BCUT2D eigenvalue weighted by Gasteiger charge is 2.40. The Balaban J connectivity index is 2.13. The molecular formula is C10H14O2. The lowest BCUT2D eigenvalue weighted by Gasteiger charge is -2.21. The smallest absolute Gasteiger partial charge is 0.105 e. The Morgan fingerprint density at radius 3 is 2.67 bits per heavy atom. The van der Waals surface area contributed by atoms with Gasteiger partial charge in [0.1, 0.15) is 12.2 Å². The fourth-order valence-electron chi connectivity index (χ4n) is 1.81. The van der Waals surface area contributed by atoms with E-state index in [2.05, 4.69) is 6.92 Å². The van der Waals surface area contributed by atoms with Crippen LogP contribution >= 0.6 is 0 Å². The van der Waals surface area contributed by atoms with Crippen LogP contribution in [0.2, 0.25) is 0 Å². The second-order valence-electron chi connectivity index (χ2n) is 3.81. The van der Waals surface area contributed by atoms with Gasteiger partial charge in [0, 0.05) is 0 Å². The highest BCUT2D eigenvalue weighted by molar-refractivity contribution is 5.30. The first-order chi connectivity index (χ1) is 5.70. The van der Waals surface area contributed by atoms with E-state index in [4.69, 9.17) is 0 Å². The quantitative estimate of drug-likeness (QED) is 0.606. The zero-order valence-corrected chi connectivity index (χ0v) is 7.14. The molecule has 0 saturated heterocycles. The number of allylic oxidation sites excluding steroid dienone is 2. The van der Waals surface area contributed by atoms with Crippen LogP contribution in [-0.2, 0) is 0 Å². The molecule has 0 aliphatic heterocycles. The Hall–Kier alpha value is -0.600. The molecule has 0 aromatic rings. The van der Waals surface area contributed by atoms with Crippen molar-refractivity contribution in [1.82, 2.24) is 0 Å². The van der Waals surface area contributed by atoms with Crippen LogP contribution in [0, 0.1) is 11.8 Å². The molecule has 12 heavy (non-hydrogen) atoms. The van der Waals surface area contributed by atoms with Crippen molar-refractivity contribution in [2.24, 2.45) is 11.8 Å². The molecule has 2 aliphatic carbocycles. The summed E-state index contributed by atoms with van der Waals surface area (Å²) < 4.78 is 0. The molecule has 0 radical (unpaired) electrons. The van der Waals surface area contributed by atoms with Crippen LogP contribution in [0.5, 0.6) is 0 Å². The highest BCUT2D eigenvalue weighted by atomic mass is 16.3. The van der Waals surface area contributed by atoms with E-state index in [1.54, 1.807) is 6.08 Å². The van der Waals surface area contributed by atoms with E-state index >= 15 is 0 Å². The molecule has 0 bridgehead atoms. The third-order valence-electron chi connectivity index (χ3n) is 2.80. The van der Waals surface area contributed by atoms with Crippen LogP contribution in [0.3, 0.4) is 0 Å². The van der Waals surface area contributed by atoms with Gasteiger partial charge in [-0.2, -0.15) is 0 Å². The lowest BCUT2D eigenvalue weighted by molar-refractivity contribution is 0.0676. The van der Waals surface area contributed by atoms with Gasteiger partial charge in [-0.15, -0.1) is 0 Å². The molecular weight excluding hydrogens is 152 g/mol. The largest absolute Gasteiger partial charge is 0.386 e. The van der Waals surface area contributed by atoms with Crippen molar-refractivity contribution in [3.05, 3.63) is 23.8 Å². The molecule has 4 atom stereocenters. The molecule has 0 aromatic carbocycles. The van der Waals surface area contributed by atoms with E-state index in [0.717, 1.165) is 12.0 Å². The van der Waals surface area contributed by atoms with E-state index in [9.17, 15) is 10.2 Å². The van der Waals surface area contributed by atoms with Crippen molar-refractivity contribution >= 4 is 0 Å². The fraction of sp³-hybridized carbons (Fsp3) is 0.600. The number of hydrogen-bond donors (Lipinski definition) is 2. The molecule has 0 heterocycles. The van der Waals surface area contributed by atoms with E-state index in [1.807, 2.05) is 12.2 Å². The van der Waals surface area contributed by atoms with E-state index in [-0.39, 0.29) is 0 Å². The Kier molecular flexibility index (Phi) is 1.81. The lowest BCUT2D eigenvalue weighted by atomic mass is 9.95. The van der Waals surface area contributed by atoms with Gasteiger partial charge >= 0.3 is 0 Å². The summed E-state index contributed by atoms with van der Waals surface area (Å²) in [6, 6.07) is 0. The minimum Gasteiger partial charge on any atom is -0.386 e. The second kappa shape index (κ2) is 2.71. The molecule has 2 rings (SSSR count). The second-order valence-corrected chi connectivity index (χ2v) is 3.81. The third-order valence-corrected chi connectivity index (χ3v) is 2.80. The van der Waals surface area contributed by atoms with Gasteiger partial charge in [0.05, 0.1) is 0 Å². The SMILES string of the molecule is C[C@H]1C[C@@H]1C1=CC=C[C@H](O)[C@@H]1O. The van der Waals surface area contributed by atoms with Crippen molar-refractivity contribution in [2.75, 3.05) is 0 Å². The Labute approximate surface area is 72.2 Å². The molecule has 1 fully saturated rings. The van der Waals surface area contributed by atoms with Crippen LogP contribution in [0.25, 0.3) is 0 Å². The maximum absolute atomic E-state index is 9.60. The van der Waals surface area contributed by atoms with Gasteiger partial charge in [0.25, 0.3) is 0 Å². The molecule has 0 unspecified atom stereocenters. The van der Waals surface area contributed by atoms with Gasteiger partial charge in [0.2, 0.25) is 0 Å². The first-order valence-electron chi connectivity index (χ1n) is 4.44. The van der Waals surface area contributed by atoms with Crippen molar-refractivity contribution in [1.29, 1.82) is 0 Å². The molecule has 2 N–H and O–H groups in total. The van der Waals surface area contributed by atoms with Crippen molar-refractivity contribution in [3.8, 4) is 0 Å². The van der Waals surface area contributed by atoms with Gasteiger partial charge in [-0.3, -0.25) is 0 Å². The molecule has 66 valence electrons. The number of aliphatic hydroxyl groups is 2. The van der Waals surface area contributed by atoms with Gasteiger partial charge in [-0.1, -0.05) is 25.2 Å². The Morgan fingerprint density at radius 2 is 2.08 bits per heavy atom. The van der Waals surface area contributed by atoms with Crippen LogP contribution < -0.4 is 0 Å². The lowest BCUT2D eigenvalue weighted by Crippen LogP contribution is -2.28. The van der Waals surface area contributed by atoms with Crippen LogP contribution in [-0.4, -0.2) is 22.4 Å². The van der Waals surface area contributed by atoms with Crippen LogP contribution in [0.4, 0.5) is 0 Å². The van der Waals surface area contributed by atoms with Crippen LogP contribution in [0.1, 0.15) is 13.3 Å². The summed E-state index contributed by atoms with van der Waals surface area (Å²) in [4.78, 5) is 0. The zero-order chi connectivity index (χ0) is 8.72. The van der Waals surface area contributed by atoms with Crippen molar-refractivity contribution < 1.29 is 10.2 Å². The average Bonchev–Trinajstić information content (AvgIpc) is 2.73. The standard InChI is InChI=1S/C10H14O2/c1-6-5-8(6)7-3-2-4-9(11)10(7)12/h2-4,6,8-12H,5H2,1H3/t6-,8-,9-,10+/m0/s1. The maximum atomic E-state index is 9.60. The molecule has 1 saturated carbocycles. The molecule has 2 nitrogen and oxygen atoms in total. The Morgan fingerprint density at radius 1 is 1.42 bits per heavy atom.